The van der Waals surface area contributed by atoms with Crippen LogP contribution in [0, 0.1) is 0 Å². The van der Waals surface area contributed by atoms with Crippen LogP contribution < -0.4 is 5.73 Å². The maximum Gasteiger partial charge on any atom is 0.0646 e. The van der Waals surface area contributed by atoms with E-state index in [1.165, 1.54) is 12.8 Å². The molecule has 0 spiro atoms. The average molecular weight is 205 g/mol. The summed E-state index contributed by atoms with van der Waals surface area (Å²) in [5, 5.41) is 0. The van der Waals surface area contributed by atoms with Gasteiger partial charge in [-0.05, 0) is 31.5 Å². The first-order chi connectivity index (χ1) is 7.36. The minimum Gasteiger partial charge on any atom is -0.329 e. The standard InChI is InChI=1S/C12H19N3/c1-2-15(10-6-7-10)12(9-13)11-5-3-4-8-14-11/h3-5,8,10,12H,2,6-7,9,13H2,1H3. The zero-order valence-corrected chi connectivity index (χ0v) is 9.26. The molecule has 1 aliphatic carbocycles. The molecule has 1 aromatic rings. The van der Waals surface area contributed by atoms with Crippen LogP contribution in [0.1, 0.15) is 31.5 Å². The van der Waals surface area contributed by atoms with Gasteiger partial charge >= 0.3 is 0 Å². The maximum absolute atomic E-state index is 5.87. The molecule has 1 aliphatic rings. The lowest BCUT2D eigenvalue weighted by atomic mass is 10.1. The van der Waals surface area contributed by atoms with Crippen LogP contribution in [0.15, 0.2) is 24.4 Å². The minimum atomic E-state index is 0.295. The van der Waals surface area contributed by atoms with Crippen molar-refractivity contribution in [3.63, 3.8) is 0 Å². The Morgan fingerprint density at radius 2 is 2.33 bits per heavy atom. The highest BCUT2D eigenvalue weighted by Crippen LogP contribution is 2.32. The monoisotopic (exact) mass is 205 g/mol. The zero-order chi connectivity index (χ0) is 10.7. The summed E-state index contributed by atoms with van der Waals surface area (Å²) in [7, 11) is 0. The van der Waals surface area contributed by atoms with E-state index in [1.807, 2.05) is 18.3 Å². The average Bonchev–Trinajstić information content (AvgIpc) is 3.11. The summed E-state index contributed by atoms with van der Waals surface area (Å²) in [6.07, 6.45) is 4.48. The lowest BCUT2D eigenvalue weighted by molar-refractivity contribution is 0.198. The first-order valence-electron chi connectivity index (χ1n) is 5.73. The van der Waals surface area contributed by atoms with Crippen LogP contribution in [0.25, 0.3) is 0 Å². The van der Waals surface area contributed by atoms with Gasteiger partial charge in [0.15, 0.2) is 0 Å². The molecule has 1 fully saturated rings. The summed E-state index contributed by atoms with van der Waals surface area (Å²) in [5.41, 5.74) is 6.97. The third kappa shape index (κ3) is 2.36. The van der Waals surface area contributed by atoms with Crippen LogP contribution in [-0.2, 0) is 0 Å². The number of hydrogen-bond donors (Lipinski definition) is 1. The van der Waals surface area contributed by atoms with Gasteiger partial charge in [0.2, 0.25) is 0 Å². The summed E-state index contributed by atoms with van der Waals surface area (Å²) in [6, 6.07) is 7.09. The Morgan fingerprint density at radius 3 is 2.80 bits per heavy atom. The Morgan fingerprint density at radius 1 is 1.53 bits per heavy atom. The lowest BCUT2D eigenvalue weighted by Crippen LogP contribution is -2.35. The van der Waals surface area contributed by atoms with E-state index in [0.29, 0.717) is 12.6 Å². The summed E-state index contributed by atoms with van der Waals surface area (Å²) in [5.74, 6) is 0. The second-order valence-electron chi connectivity index (χ2n) is 4.07. The molecule has 3 nitrogen and oxygen atoms in total. The molecule has 15 heavy (non-hydrogen) atoms. The van der Waals surface area contributed by atoms with E-state index >= 15 is 0 Å². The largest absolute Gasteiger partial charge is 0.329 e. The summed E-state index contributed by atoms with van der Waals surface area (Å²) < 4.78 is 0. The molecule has 82 valence electrons. The first-order valence-corrected chi connectivity index (χ1v) is 5.73. The zero-order valence-electron chi connectivity index (χ0n) is 9.26. The predicted molar refractivity (Wildman–Crippen MR) is 61.4 cm³/mol. The van der Waals surface area contributed by atoms with Gasteiger partial charge in [0.25, 0.3) is 0 Å². The molecule has 3 heteroatoms. The highest BCUT2D eigenvalue weighted by molar-refractivity contribution is 5.10. The molecule has 2 N–H and O–H groups in total. The highest BCUT2D eigenvalue weighted by Gasteiger charge is 2.33. The van der Waals surface area contributed by atoms with Gasteiger partial charge in [0.05, 0.1) is 11.7 Å². The number of pyridine rings is 1. The van der Waals surface area contributed by atoms with E-state index in [4.69, 9.17) is 5.73 Å². The van der Waals surface area contributed by atoms with Crippen molar-refractivity contribution >= 4 is 0 Å². The van der Waals surface area contributed by atoms with Gasteiger partial charge in [0, 0.05) is 18.8 Å². The van der Waals surface area contributed by atoms with Crippen molar-refractivity contribution < 1.29 is 0 Å². The maximum atomic E-state index is 5.87. The van der Waals surface area contributed by atoms with Gasteiger partial charge in [-0.2, -0.15) is 0 Å². The number of likely N-dealkylation sites (N-methyl/N-ethyl adjacent to an activating group) is 1. The minimum absolute atomic E-state index is 0.295. The molecule has 1 unspecified atom stereocenters. The predicted octanol–water partition coefficient (Wildman–Crippen LogP) is 1.57. The third-order valence-electron chi connectivity index (χ3n) is 3.03. The lowest BCUT2D eigenvalue weighted by Gasteiger charge is -2.29. The number of hydrogen-bond acceptors (Lipinski definition) is 3. The van der Waals surface area contributed by atoms with Crippen LogP contribution in [-0.4, -0.2) is 29.0 Å². The second kappa shape index (κ2) is 4.73. The highest BCUT2D eigenvalue weighted by atomic mass is 15.2. The molecule has 0 saturated heterocycles. The molecular formula is C12H19N3. The van der Waals surface area contributed by atoms with Crippen molar-refractivity contribution in [1.82, 2.24) is 9.88 Å². The fraction of sp³-hybridized carbons (Fsp3) is 0.583. The number of aromatic nitrogens is 1. The van der Waals surface area contributed by atoms with Gasteiger partial charge in [-0.1, -0.05) is 13.0 Å². The van der Waals surface area contributed by atoms with Crippen molar-refractivity contribution in [2.45, 2.75) is 31.8 Å². The van der Waals surface area contributed by atoms with Crippen LogP contribution in [0.3, 0.4) is 0 Å². The quantitative estimate of drug-likeness (QED) is 0.793. The number of nitrogens with zero attached hydrogens (tertiary/aromatic N) is 2. The van der Waals surface area contributed by atoms with Crippen LogP contribution in [0.2, 0.25) is 0 Å². The van der Waals surface area contributed by atoms with Gasteiger partial charge < -0.3 is 5.73 Å². The number of rotatable bonds is 5. The Kier molecular flexibility index (Phi) is 3.34. The normalized spacial score (nSPS) is 18.1. The molecule has 0 radical (unpaired) electrons. The third-order valence-corrected chi connectivity index (χ3v) is 3.03. The Balaban J connectivity index is 2.15. The molecule has 2 rings (SSSR count). The summed E-state index contributed by atoms with van der Waals surface area (Å²) in [4.78, 5) is 6.88. The van der Waals surface area contributed by atoms with E-state index in [-0.39, 0.29) is 0 Å². The van der Waals surface area contributed by atoms with Crippen molar-refractivity contribution in [3.8, 4) is 0 Å². The summed E-state index contributed by atoms with van der Waals surface area (Å²) in [6.45, 7) is 3.91. The van der Waals surface area contributed by atoms with E-state index < -0.39 is 0 Å². The molecular weight excluding hydrogens is 186 g/mol. The molecule has 0 bridgehead atoms. The van der Waals surface area contributed by atoms with Gasteiger partial charge in [0.1, 0.15) is 0 Å². The van der Waals surface area contributed by atoms with Crippen molar-refractivity contribution in [1.29, 1.82) is 0 Å². The van der Waals surface area contributed by atoms with E-state index in [9.17, 15) is 0 Å². The fourth-order valence-corrected chi connectivity index (χ4v) is 2.14. The van der Waals surface area contributed by atoms with Crippen molar-refractivity contribution in [3.05, 3.63) is 30.1 Å². The fourth-order valence-electron chi connectivity index (χ4n) is 2.14. The molecule has 1 heterocycles. The van der Waals surface area contributed by atoms with E-state index in [0.717, 1.165) is 18.3 Å². The molecule has 1 atom stereocenters. The smallest absolute Gasteiger partial charge is 0.0646 e. The number of nitrogens with two attached hydrogens (primary N) is 1. The van der Waals surface area contributed by atoms with Gasteiger partial charge in [-0.25, -0.2) is 0 Å². The molecule has 0 amide bonds. The van der Waals surface area contributed by atoms with Crippen molar-refractivity contribution in [2.24, 2.45) is 5.73 Å². The van der Waals surface area contributed by atoms with Crippen molar-refractivity contribution in [2.75, 3.05) is 13.1 Å². The Labute approximate surface area is 91.3 Å². The Hall–Kier alpha value is -0.930. The molecule has 1 aromatic heterocycles. The first kappa shape index (κ1) is 10.6. The SMILES string of the molecule is CCN(C1CC1)C(CN)c1ccccn1. The summed E-state index contributed by atoms with van der Waals surface area (Å²) >= 11 is 0. The van der Waals surface area contributed by atoms with Crippen LogP contribution in [0.5, 0.6) is 0 Å². The second-order valence-corrected chi connectivity index (χ2v) is 4.07. The van der Waals surface area contributed by atoms with Crippen LogP contribution >= 0.6 is 0 Å². The topological polar surface area (TPSA) is 42.1 Å². The molecule has 1 saturated carbocycles. The van der Waals surface area contributed by atoms with E-state index in [2.05, 4.69) is 22.9 Å². The van der Waals surface area contributed by atoms with Gasteiger partial charge in [-0.3, -0.25) is 9.88 Å². The molecule has 0 aliphatic heterocycles. The van der Waals surface area contributed by atoms with E-state index in [1.54, 1.807) is 0 Å². The molecule has 0 aromatic carbocycles. The Bertz CT molecular complexity index is 295. The van der Waals surface area contributed by atoms with Crippen LogP contribution in [0.4, 0.5) is 0 Å². The van der Waals surface area contributed by atoms with Gasteiger partial charge in [-0.15, -0.1) is 0 Å².